The minimum atomic E-state index is 0.320. The fourth-order valence-electron chi connectivity index (χ4n) is 3.62. The molecule has 1 fully saturated rings. The van der Waals surface area contributed by atoms with Crippen molar-refractivity contribution in [1.82, 2.24) is 14.7 Å². The number of nitrogens with zero attached hydrogens (tertiary/aromatic N) is 3. The number of carbonyl (C=O) groups excluding carboxylic acids is 1. The first-order chi connectivity index (χ1) is 10.1. The first-order valence-electron chi connectivity index (χ1n) is 8.10. The second-order valence-electron chi connectivity index (χ2n) is 6.46. The maximum absolute atomic E-state index is 12.6. The van der Waals surface area contributed by atoms with E-state index in [0.717, 1.165) is 44.5 Å². The lowest BCUT2D eigenvalue weighted by molar-refractivity contribution is -0.132. The summed E-state index contributed by atoms with van der Waals surface area (Å²) >= 11 is 0. The highest BCUT2D eigenvalue weighted by Gasteiger charge is 2.30. The lowest BCUT2D eigenvalue weighted by atomic mass is 10.0. The molecular weight excluding hydrogens is 262 g/mol. The van der Waals surface area contributed by atoms with Crippen LogP contribution in [0.25, 0.3) is 0 Å². The number of carbonyl (C=O) groups is 1. The zero-order valence-electron chi connectivity index (χ0n) is 13.1. The van der Waals surface area contributed by atoms with Crippen molar-refractivity contribution in [2.24, 2.45) is 5.92 Å². The molecule has 0 spiro atoms. The van der Waals surface area contributed by atoms with Gasteiger partial charge in [-0.05, 0) is 51.5 Å². The molecule has 1 aliphatic carbocycles. The number of aromatic nitrogens is 2. The molecule has 0 N–H and O–H groups in total. The van der Waals surface area contributed by atoms with Crippen molar-refractivity contribution in [2.75, 3.05) is 6.54 Å². The minimum Gasteiger partial charge on any atom is -0.338 e. The number of rotatable bonds is 4. The van der Waals surface area contributed by atoms with Gasteiger partial charge in [0.05, 0.1) is 18.3 Å². The minimum absolute atomic E-state index is 0.320. The van der Waals surface area contributed by atoms with Gasteiger partial charge in [-0.15, -0.1) is 0 Å². The summed E-state index contributed by atoms with van der Waals surface area (Å²) in [5, 5.41) is 4.54. The van der Waals surface area contributed by atoms with Crippen LogP contribution in [0.3, 0.4) is 0 Å². The van der Waals surface area contributed by atoms with Crippen LogP contribution in [-0.4, -0.2) is 33.2 Å². The molecule has 0 saturated carbocycles. The Balaban J connectivity index is 1.63. The van der Waals surface area contributed by atoms with Crippen LogP contribution in [0, 0.1) is 19.8 Å². The van der Waals surface area contributed by atoms with Crippen molar-refractivity contribution in [2.45, 2.75) is 58.5 Å². The molecule has 4 heteroatoms. The first kappa shape index (κ1) is 14.4. The molecule has 1 aliphatic heterocycles. The fourth-order valence-corrected chi connectivity index (χ4v) is 3.62. The molecule has 1 saturated heterocycles. The van der Waals surface area contributed by atoms with Crippen LogP contribution in [-0.2, 0) is 11.3 Å². The van der Waals surface area contributed by atoms with Crippen LogP contribution < -0.4 is 0 Å². The maximum atomic E-state index is 12.6. The van der Waals surface area contributed by atoms with Gasteiger partial charge in [0.1, 0.15) is 0 Å². The fraction of sp³-hybridized carbons (Fsp3) is 0.647. The van der Waals surface area contributed by atoms with Gasteiger partial charge in [-0.1, -0.05) is 12.2 Å². The maximum Gasteiger partial charge on any atom is 0.223 e. The molecule has 2 atom stereocenters. The van der Waals surface area contributed by atoms with Crippen molar-refractivity contribution >= 4 is 5.91 Å². The second-order valence-corrected chi connectivity index (χ2v) is 6.46. The van der Waals surface area contributed by atoms with E-state index in [-0.39, 0.29) is 0 Å². The third-order valence-electron chi connectivity index (χ3n) is 4.73. The number of amides is 1. The van der Waals surface area contributed by atoms with E-state index >= 15 is 0 Å². The highest BCUT2D eigenvalue weighted by atomic mass is 16.2. The highest BCUT2D eigenvalue weighted by Crippen LogP contribution is 2.25. The predicted octanol–water partition coefficient (Wildman–Crippen LogP) is 2.85. The van der Waals surface area contributed by atoms with Gasteiger partial charge < -0.3 is 4.90 Å². The smallest absolute Gasteiger partial charge is 0.223 e. The highest BCUT2D eigenvalue weighted by molar-refractivity contribution is 5.77. The molecular formula is C17H25N3O. The predicted molar refractivity (Wildman–Crippen MR) is 82.9 cm³/mol. The van der Waals surface area contributed by atoms with Crippen LogP contribution >= 0.6 is 0 Å². The molecule has 2 heterocycles. The Morgan fingerprint density at radius 3 is 2.90 bits per heavy atom. The van der Waals surface area contributed by atoms with Crippen LogP contribution in [0.1, 0.15) is 43.5 Å². The Morgan fingerprint density at radius 2 is 2.24 bits per heavy atom. The van der Waals surface area contributed by atoms with Gasteiger partial charge in [-0.2, -0.15) is 5.10 Å². The molecule has 0 aromatic carbocycles. The van der Waals surface area contributed by atoms with E-state index in [1.807, 2.05) is 6.92 Å². The number of aryl methyl sites for hydroxylation is 2. The monoisotopic (exact) mass is 287 g/mol. The Labute approximate surface area is 126 Å². The lowest BCUT2D eigenvalue weighted by Gasteiger charge is -2.26. The normalized spacial score (nSPS) is 25.0. The summed E-state index contributed by atoms with van der Waals surface area (Å²) in [6, 6.07) is 2.42. The lowest BCUT2D eigenvalue weighted by Crippen LogP contribution is -2.39. The van der Waals surface area contributed by atoms with Crippen LogP contribution in [0.4, 0.5) is 0 Å². The summed E-state index contributed by atoms with van der Waals surface area (Å²) < 4.78 is 2.06. The van der Waals surface area contributed by atoms with Crippen molar-refractivity contribution in [1.29, 1.82) is 0 Å². The zero-order valence-corrected chi connectivity index (χ0v) is 13.1. The molecule has 1 aromatic rings. The molecule has 114 valence electrons. The van der Waals surface area contributed by atoms with Crippen molar-refractivity contribution in [3.8, 4) is 0 Å². The molecule has 0 bridgehead atoms. The summed E-state index contributed by atoms with van der Waals surface area (Å²) in [5.41, 5.74) is 2.24. The molecule has 21 heavy (non-hydrogen) atoms. The van der Waals surface area contributed by atoms with Gasteiger partial charge in [-0.3, -0.25) is 9.48 Å². The van der Waals surface area contributed by atoms with E-state index in [1.54, 1.807) is 0 Å². The number of hydrogen-bond acceptors (Lipinski definition) is 2. The summed E-state index contributed by atoms with van der Waals surface area (Å²) in [6.07, 6.45) is 9.60. The molecule has 1 amide bonds. The third-order valence-corrected chi connectivity index (χ3v) is 4.73. The quantitative estimate of drug-likeness (QED) is 0.799. The van der Waals surface area contributed by atoms with Crippen LogP contribution in [0.5, 0.6) is 0 Å². The molecule has 3 rings (SSSR count). The molecule has 2 aliphatic rings. The van der Waals surface area contributed by atoms with Crippen LogP contribution in [0.15, 0.2) is 18.2 Å². The average molecular weight is 287 g/mol. The second kappa shape index (κ2) is 6.04. The average Bonchev–Trinajstić information content (AvgIpc) is 3.13. The Bertz CT molecular complexity index is 546. The first-order valence-corrected chi connectivity index (χ1v) is 8.10. The van der Waals surface area contributed by atoms with Crippen LogP contribution in [0.2, 0.25) is 0 Å². The van der Waals surface area contributed by atoms with E-state index in [9.17, 15) is 4.79 Å². The summed E-state index contributed by atoms with van der Waals surface area (Å²) in [4.78, 5) is 14.7. The van der Waals surface area contributed by atoms with Gasteiger partial charge in [0.15, 0.2) is 0 Å². The summed E-state index contributed by atoms with van der Waals surface area (Å²) in [6.45, 7) is 5.86. The molecule has 2 unspecified atom stereocenters. The van der Waals surface area contributed by atoms with E-state index in [1.165, 1.54) is 5.69 Å². The van der Waals surface area contributed by atoms with Gasteiger partial charge >= 0.3 is 0 Å². The Morgan fingerprint density at radius 1 is 1.38 bits per heavy atom. The van der Waals surface area contributed by atoms with E-state index < -0.39 is 0 Å². The van der Waals surface area contributed by atoms with Gasteiger partial charge in [0.25, 0.3) is 0 Å². The van der Waals surface area contributed by atoms with Crippen molar-refractivity contribution < 1.29 is 4.79 Å². The van der Waals surface area contributed by atoms with Crippen molar-refractivity contribution in [3.63, 3.8) is 0 Å². The number of hydrogen-bond donors (Lipinski definition) is 0. The van der Waals surface area contributed by atoms with E-state index in [4.69, 9.17) is 0 Å². The number of allylic oxidation sites excluding steroid dienone is 2. The van der Waals surface area contributed by atoms with Gasteiger partial charge in [-0.25, -0.2) is 0 Å². The Hall–Kier alpha value is -1.58. The summed E-state index contributed by atoms with van der Waals surface area (Å²) in [7, 11) is 0. The zero-order chi connectivity index (χ0) is 14.8. The van der Waals surface area contributed by atoms with E-state index in [0.29, 0.717) is 24.3 Å². The van der Waals surface area contributed by atoms with Gasteiger partial charge in [0.2, 0.25) is 5.91 Å². The molecule has 4 nitrogen and oxygen atoms in total. The topological polar surface area (TPSA) is 38.1 Å². The Kier molecular flexibility index (Phi) is 4.13. The SMILES string of the molecule is Cc1cc(C)n(CC2CCCN2C(=O)CC2C=CCC2)n1. The molecule has 0 radical (unpaired) electrons. The molecule has 1 aromatic heterocycles. The van der Waals surface area contributed by atoms with E-state index in [2.05, 4.69) is 39.8 Å². The third kappa shape index (κ3) is 3.20. The van der Waals surface area contributed by atoms with Crippen molar-refractivity contribution in [3.05, 3.63) is 29.6 Å². The number of likely N-dealkylation sites (tertiary alicyclic amines) is 1. The van der Waals surface area contributed by atoms with Gasteiger partial charge in [0, 0.05) is 18.7 Å². The largest absolute Gasteiger partial charge is 0.338 e. The standard InChI is InChI=1S/C17H25N3O/c1-13-10-14(2)20(18-13)12-16-8-5-9-19(16)17(21)11-15-6-3-4-7-15/h3,6,10,15-16H,4-5,7-9,11-12H2,1-2H3. The summed E-state index contributed by atoms with van der Waals surface area (Å²) in [5.74, 6) is 0.794.